The van der Waals surface area contributed by atoms with Crippen molar-refractivity contribution in [2.75, 3.05) is 30.0 Å². The predicted molar refractivity (Wildman–Crippen MR) is 118 cm³/mol. The smallest absolute Gasteiger partial charge is 0.255 e. The Morgan fingerprint density at radius 3 is 2.41 bits per heavy atom. The largest absolute Gasteiger partial charge is 0.397 e. The first-order valence-corrected chi connectivity index (χ1v) is 9.40. The number of rotatable bonds is 5. The Hall–Kier alpha value is -3.80. The van der Waals surface area contributed by atoms with E-state index in [2.05, 4.69) is 16.3 Å². The minimum Gasteiger partial charge on any atom is -0.397 e. The molecule has 29 heavy (non-hydrogen) atoms. The Morgan fingerprint density at radius 1 is 1.00 bits per heavy atom. The quantitative estimate of drug-likeness (QED) is 0.510. The molecule has 0 aliphatic rings. The molecule has 1 amide bonds. The molecule has 0 saturated carbocycles. The third kappa shape index (κ3) is 3.78. The van der Waals surface area contributed by atoms with Crippen LogP contribution < -0.4 is 16.0 Å². The van der Waals surface area contributed by atoms with Gasteiger partial charge in [0.05, 0.1) is 23.4 Å². The van der Waals surface area contributed by atoms with E-state index in [4.69, 9.17) is 10.8 Å². The van der Waals surface area contributed by atoms with Gasteiger partial charge in [0.1, 0.15) is 5.82 Å². The predicted octanol–water partition coefficient (Wildman–Crippen LogP) is 3.99. The van der Waals surface area contributed by atoms with Gasteiger partial charge in [-0.1, -0.05) is 36.4 Å². The molecular weight excluding hydrogens is 362 g/mol. The van der Waals surface area contributed by atoms with Gasteiger partial charge in [0, 0.05) is 25.0 Å². The van der Waals surface area contributed by atoms with Crippen LogP contribution in [0.4, 0.5) is 17.2 Å². The Morgan fingerprint density at radius 2 is 1.69 bits per heavy atom. The number of hydrogen-bond donors (Lipinski definition) is 2. The van der Waals surface area contributed by atoms with Crippen LogP contribution in [0.25, 0.3) is 10.9 Å². The maximum Gasteiger partial charge on any atom is 0.255 e. The van der Waals surface area contributed by atoms with E-state index in [1.54, 1.807) is 12.1 Å². The summed E-state index contributed by atoms with van der Waals surface area (Å²) in [4.78, 5) is 14.6. The highest BCUT2D eigenvalue weighted by Crippen LogP contribution is 2.26. The SMILES string of the molecule is CN(C)c1c2ccccc2nn1Cc1ccc(C(=O)Nc2ccccc2N)cc1. The molecule has 4 aromatic rings. The molecule has 6 nitrogen and oxygen atoms in total. The van der Waals surface area contributed by atoms with Crippen LogP contribution >= 0.6 is 0 Å². The zero-order chi connectivity index (χ0) is 20.4. The number of nitrogens with zero attached hydrogens (tertiary/aromatic N) is 3. The number of fused-ring (bicyclic) bond motifs is 1. The Kier molecular flexibility index (Phi) is 4.91. The molecule has 0 bridgehead atoms. The summed E-state index contributed by atoms with van der Waals surface area (Å²) >= 11 is 0. The molecule has 0 radical (unpaired) electrons. The van der Waals surface area contributed by atoms with Crippen LogP contribution in [-0.4, -0.2) is 29.8 Å². The van der Waals surface area contributed by atoms with E-state index in [0.717, 1.165) is 22.3 Å². The van der Waals surface area contributed by atoms with Gasteiger partial charge < -0.3 is 16.0 Å². The van der Waals surface area contributed by atoms with Crippen LogP contribution in [0, 0.1) is 0 Å². The van der Waals surface area contributed by atoms with E-state index >= 15 is 0 Å². The van der Waals surface area contributed by atoms with Gasteiger partial charge in [0.2, 0.25) is 0 Å². The second kappa shape index (κ2) is 7.67. The van der Waals surface area contributed by atoms with Crippen molar-refractivity contribution in [3.63, 3.8) is 0 Å². The highest BCUT2D eigenvalue weighted by atomic mass is 16.1. The number of benzene rings is 3. The summed E-state index contributed by atoms with van der Waals surface area (Å²) in [6, 6.07) is 22.9. The van der Waals surface area contributed by atoms with Gasteiger partial charge in [-0.05, 0) is 42.0 Å². The monoisotopic (exact) mass is 385 g/mol. The Labute approximate surface area is 169 Å². The third-order valence-corrected chi connectivity index (χ3v) is 4.80. The topological polar surface area (TPSA) is 76.2 Å². The molecule has 1 aromatic heterocycles. The van der Waals surface area contributed by atoms with Gasteiger partial charge in [-0.25, -0.2) is 4.68 Å². The molecule has 0 spiro atoms. The molecule has 3 aromatic carbocycles. The Balaban J connectivity index is 1.55. The van der Waals surface area contributed by atoms with Crippen LogP contribution in [0.3, 0.4) is 0 Å². The first kappa shape index (κ1) is 18.6. The number of carbonyl (C=O) groups excluding carboxylic acids is 1. The third-order valence-electron chi connectivity index (χ3n) is 4.80. The number of amides is 1. The molecule has 0 fully saturated rings. The van der Waals surface area contributed by atoms with Crippen molar-refractivity contribution in [3.05, 3.63) is 83.9 Å². The van der Waals surface area contributed by atoms with Crippen LogP contribution in [0.15, 0.2) is 72.8 Å². The van der Waals surface area contributed by atoms with E-state index in [-0.39, 0.29) is 5.91 Å². The molecule has 0 saturated heterocycles. The first-order valence-electron chi connectivity index (χ1n) is 9.40. The van der Waals surface area contributed by atoms with Gasteiger partial charge in [-0.15, -0.1) is 0 Å². The minimum atomic E-state index is -0.187. The van der Waals surface area contributed by atoms with Gasteiger partial charge in [-0.2, -0.15) is 5.10 Å². The van der Waals surface area contributed by atoms with Crippen LogP contribution in [0.1, 0.15) is 15.9 Å². The van der Waals surface area contributed by atoms with E-state index in [9.17, 15) is 4.79 Å². The van der Waals surface area contributed by atoms with Crippen molar-refractivity contribution in [1.82, 2.24) is 9.78 Å². The molecule has 0 atom stereocenters. The summed E-state index contributed by atoms with van der Waals surface area (Å²) in [7, 11) is 4.03. The van der Waals surface area contributed by atoms with Gasteiger partial charge >= 0.3 is 0 Å². The van der Waals surface area contributed by atoms with E-state index in [0.29, 0.717) is 23.5 Å². The van der Waals surface area contributed by atoms with Gasteiger partial charge in [0.15, 0.2) is 0 Å². The normalized spacial score (nSPS) is 10.8. The fourth-order valence-corrected chi connectivity index (χ4v) is 3.39. The second-order valence-corrected chi connectivity index (χ2v) is 7.13. The maximum absolute atomic E-state index is 12.5. The zero-order valence-electron chi connectivity index (χ0n) is 16.5. The fourth-order valence-electron chi connectivity index (χ4n) is 3.39. The van der Waals surface area contributed by atoms with Gasteiger partial charge in [-0.3, -0.25) is 4.79 Å². The number of para-hydroxylation sites is 2. The van der Waals surface area contributed by atoms with Crippen molar-refractivity contribution in [1.29, 1.82) is 0 Å². The minimum absolute atomic E-state index is 0.187. The fraction of sp³-hybridized carbons (Fsp3) is 0.130. The summed E-state index contributed by atoms with van der Waals surface area (Å²) in [6.07, 6.45) is 0. The molecule has 0 unspecified atom stereocenters. The number of nitrogen functional groups attached to an aromatic ring is 1. The van der Waals surface area contributed by atoms with Crippen molar-refractivity contribution in [3.8, 4) is 0 Å². The summed E-state index contributed by atoms with van der Waals surface area (Å²) in [5, 5.41) is 8.70. The number of carbonyl (C=O) groups is 1. The zero-order valence-corrected chi connectivity index (χ0v) is 16.5. The lowest BCUT2D eigenvalue weighted by molar-refractivity contribution is 0.102. The Bertz CT molecular complexity index is 1160. The molecule has 0 aliphatic carbocycles. The highest BCUT2D eigenvalue weighted by molar-refractivity contribution is 6.05. The van der Waals surface area contributed by atoms with E-state index in [1.807, 2.05) is 73.4 Å². The van der Waals surface area contributed by atoms with E-state index < -0.39 is 0 Å². The lowest BCUT2D eigenvalue weighted by Gasteiger charge is -2.15. The van der Waals surface area contributed by atoms with Crippen LogP contribution in [0.5, 0.6) is 0 Å². The maximum atomic E-state index is 12.5. The number of nitrogens with one attached hydrogen (secondary N) is 1. The highest BCUT2D eigenvalue weighted by Gasteiger charge is 2.13. The molecular formula is C23H23N5O. The number of nitrogens with two attached hydrogens (primary N) is 1. The number of anilines is 3. The summed E-state index contributed by atoms with van der Waals surface area (Å²) < 4.78 is 1.99. The lowest BCUT2D eigenvalue weighted by Crippen LogP contribution is -2.16. The molecule has 146 valence electrons. The summed E-state index contributed by atoms with van der Waals surface area (Å²) in [5.74, 6) is 0.871. The first-order chi connectivity index (χ1) is 14.0. The molecule has 4 rings (SSSR count). The summed E-state index contributed by atoms with van der Waals surface area (Å²) in [6.45, 7) is 0.621. The number of hydrogen-bond acceptors (Lipinski definition) is 4. The van der Waals surface area contributed by atoms with Crippen LogP contribution in [0.2, 0.25) is 0 Å². The second-order valence-electron chi connectivity index (χ2n) is 7.13. The average Bonchev–Trinajstić information content (AvgIpc) is 3.08. The molecule has 1 heterocycles. The molecule has 6 heteroatoms. The van der Waals surface area contributed by atoms with Crippen molar-refractivity contribution in [2.45, 2.75) is 6.54 Å². The van der Waals surface area contributed by atoms with Crippen molar-refractivity contribution >= 4 is 34.0 Å². The molecule has 0 aliphatic heterocycles. The van der Waals surface area contributed by atoms with Crippen molar-refractivity contribution < 1.29 is 4.79 Å². The average molecular weight is 385 g/mol. The summed E-state index contributed by atoms with van der Waals surface area (Å²) in [5.41, 5.74) is 9.66. The number of aromatic nitrogens is 2. The molecule has 3 N–H and O–H groups in total. The lowest BCUT2D eigenvalue weighted by atomic mass is 10.1. The van der Waals surface area contributed by atoms with Gasteiger partial charge in [0.25, 0.3) is 5.91 Å². The van der Waals surface area contributed by atoms with Crippen molar-refractivity contribution in [2.24, 2.45) is 0 Å². The van der Waals surface area contributed by atoms with E-state index in [1.165, 1.54) is 0 Å². The standard InChI is InChI=1S/C23H23N5O/c1-27(2)23-18-7-3-5-9-20(18)26-28(23)15-16-11-13-17(14-12-16)22(29)25-21-10-6-4-8-19(21)24/h3-14H,15,24H2,1-2H3,(H,25,29). The van der Waals surface area contributed by atoms with Crippen LogP contribution in [-0.2, 0) is 6.54 Å².